The van der Waals surface area contributed by atoms with Crippen LogP contribution in [0.2, 0.25) is 0 Å². The fraction of sp³-hybridized carbons (Fsp3) is 0.286. The second kappa shape index (κ2) is 10.0. The van der Waals surface area contributed by atoms with Crippen LogP contribution < -0.4 is 5.32 Å². The largest absolute Gasteiger partial charge is 0.456 e. The Hall–Kier alpha value is -2.67. The first-order chi connectivity index (χ1) is 13.3. The maximum atomic E-state index is 12.9. The molecular weight excluding hydrogens is 381 g/mol. The number of ketones is 1. The molecule has 0 aliphatic heterocycles. The molecule has 0 saturated carbocycles. The summed E-state index contributed by atoms with van der Waals surface area (Å²) in [7, 11) is 0. The molecule has 0 heterocycles. The molecule has 0 fully saturated rings. The number of amides is 1. The Bertz CT molecular complexity index is 867. The number of ether oxygens (including phenoxy) is 1. The van der Waals surface area contributed by atoms with Crippen LogP contribution in [0.5, 0.6) is 0 Å². The van der Waals surface area contributed by atoms with Crippen molar-refractivity contribution in [2.75, 3.05) is 17.7 Å². The molecule has 0 spiro atoms. The zero-order valence-corrected chi connectivity index (χ0v) is 16.8. The summed E-state index contributed by atoms with van der Waals surface area (Å²) >= 11 is 1.10. The highest BCUT2D eigenvalue weighted by atomic mass is 32.2. The van der Waals surface area contributed by atoms with Crippen molar-refractivity contribution >= 4 is 35.1 Å². The second-order valence-corrected chi connectivity index (χ2v) is 7.69. The van der Waals surface area contributed by atoms with Gasteiger partial charge in [0.2, 0.25) is 11.7 Å². The van der Waals surface area contributed by atoms with E-state index in [0.29, 0.717) is 11.3 Å². The molecule has 5 nitrogen and oxygen atoms in total. The molecule has 0 aliphatic rings. The van der Waals surface area contributed by atoms with Crippen LogP contribution in [0, 0.1) is 19.7 Å². The number of halogens is 1. The van der Waals surface area contributed by atoms with Crippen LogP contribution in [0.25, 0.3) is 0 Å². The summed E-state index contributed by atoms with van der Waals surface area (Å²) in [5.74, 6) is -1.50. The minimum absolute atomic E-state index is 0.0264. The molecule has 1 atom stereocenters. The first-order valence-electron chi connectivity index (χ1n) is 8.70. The first-order valence-corrected chi connectivity index (χ1v) is 9.75. The summed E-state index contributed by atoms with van der Waals surface area (Å²) in [6.45, 7) is 4.99. The van der Waals surface area contributed by atoms with Crippen molar-refractivity contribution < 1.29 is 23.5 Å². The van der Waals surface area contributed by atoms with Gasteiger partial charge in [-0.2, -0.15) is 0 Å². The smallest absolute Gasteiger partial charge is 0.319 e. The van der Waals surface area contributed by atoms with Gasteiger partial charge in [-0.15, -0.1) is 11.8 Å². The summed E-state index contributed by atoms with van der Waals surface area (Å²) < 4.78 is 18.0. The molecule has 2 rings (SSSR count). The van der Waals surface area contributed by atoms with E-state index in [1.54, 1.807) is 13.0 Å². The maximum Gasteiger partial charge on any atom is 0.319 e. The van der Waals surface area contributed by atoms with E-state index in [2.05, 4.69) is 5.32 Å². The van der Waals surface area contributed by atoms with Crippen molar-refractivity contribution in [1.29, 1.82) is 0 Å². The van der Waals surface area contributed by atoms with E-state index in [1.165, 1.54) is 24.3 Å². The van der Waals surface area contributed by atoms with E-state index in [0.717, 1.165) is 22.9 Å². The molecule has 0 unspecified atom stereocenters. The van der Waals surface area contributed by atoms with E-state index in [9.17, 15) is 18.8 Å². The van der Waals surface area contributed by atoms with Crippen LogP contribution in [0.4, 0.5) is 10.1 Å². The van der Waals surface area contributed by atoms with Gasteiger partial charge < -0.3 is 10.1 Å². The molecule has 0 aliphatic carbocycles. The van der Waals surface area contributed by atoms with Gasteiger partial charge in [-0.25, -0.2) is 4.39 Å². The van der Waals surface area contributed by atoms with Gasteiger partial charge in [-0.3, -0.25) is 14.4 Å². The molecule has 1 amide bonds. The quantitative estimate of drug-likeness (QED) is 0.534. The van der Waals surface area contributed by atoms with Crippen LogP contribution in [-0.4, -0.2) is 35.3 Å². The van der Waals surface area contributed by atoms with Crippen molar-refractivity contribution in [3.8, 4) is 0 Å². The van der Waals surface area contributed by atoms with Gasteiger partial charge in [0, 0.05) is 11.3 Å². The predicted molar refractivity (Wildman–Crippen MR) is 108 cm³/mol. The molecule has 7 heteroatoms. The third-order valence-corrected chi connectivity index (χ3v) is 5.08. The lowest BCUT2D eigenvalue weighted by molar-refractivity contribution is -0.141. The fourth-order valence-corrected chi connectivity index (χ4v) is 3.04. The third-order valence-electron chi connectivity index (χ3n) is 3.96. The molecule has 0 saturated heterocycles. The van der Waals surface area contributed by atoms with Gasteiger partial charge in [-0.05, 0) is 56.7 Å². The molecule has 0 aromatic heterocycles. The van der Waals surface area contributed by atoms with E-state index < -0.39 is 11.2 Å². The highest BCUT2D eigenvalue weighted by Crippen LogP contribution is 2.15. The summed E-state index contributed by atoms with van der Waals surface area (Å²) in [4.78, 5) is 36.2. The monoisotopic (exact) mass is 403 g/mol. The highest BCUT2D eigenvalue weighted by molar-refractivity contribution is 8.01. The molecule has 2 aromatic rings. The normalized spacial score (nSPS) is 11.6. The topological polar surface area (TPSA) is 72.5 Å². The number of Topliss-reactive ketones (excluding diaryl/α,β-unsaturated/α-hetero) is 1. The number of anilines is 1. The Labute approximate surface area is 167 Å². The van der Waals surface area contributed by atoms with Gasteiger partial charge in [0.25, 0.3) is 0 Å². The second-order valence-electron chi connectivity index (χ2n) is 6.36. The zero-order chi connectivity index (χ0) is 20.7. The lowest BCUT2D eigenvalue weighted by Crippen LogP contribution is -2.24. The fourth-order valence-electron chi connectivity index (χ4n) is 2.37. The van der Waals surface area contributed by atoms with Crippen LogP contribution in [0.1, 0.15) is 28.4 Å². The van der Waals surface area contributed by atoms with E-state index in [-0.39, 0.29) is 29.9 Å². The number of carbonyl (C=O) groups is 3. The van der Waals surface area contributed by atoms with Crippen molar-refractivity contribution in [2.24, 2.45) is 0 Å². The standard InChI is InChI=1S/C21H22FNO4S/c1-13-4-5-14(2)18(10-13)19(24)11-27-21(26)15(3)28-12-20(25)23-17-8-6-16(22)7-9-17/h4-10,15H,11-12H2,1-3H3,(H,23,25)/t15-/m1/s1. The van der Waals surface area contributed by atoms with Crippen LogP contribution in [0.3, 0.4) is 0 Å². The summed E-state index contributed by atoms with van der Waals surface area (Å²) in [6, 6.07) is 10.9. The van der Waals surface area contributed by atoms with Gasteiger partial charge in [0.1, 0.15) is 11.1 Å². The Kier molecular flexibility index (Phi) is 7.75. The van der Waals surface area contributed by atoms with Crippen molar-refractivity contribution in [1.82, 2.24) is 0 Å². The van der Waals surface area contributed by atoms with E-state index in [1.807, 2.05) is 26.0 Å². The number of rotatable bonds is 8. The van der Waals surface area contributed by atoms with Crippen LogP contribution >= 0.6 is 11.8 Å². The molecule has 2 aromatic carbocycles. The van der Waals surface area contributed by atoms with Crippen LogP contribution in [-0.2, 0) is 14.3 Å². The van der Waals surface area contributed by atoms with Crippen molar-refractivity contribution in [2.45, 2.75) is 26.0 Å². The predicted octanol–water partition coefficient (Wildman–Crippen LogP) is 3.93. The summed E-state index contributed by atoms with van der Waals surface area (Å²) in [5, 5.41) is 2.01. The SMILES string of the molecule is Cc1ccc(C)c(C(=O)COC(=O)[C@@H](C)SCC(=O)Nc2ccc(F)cc2)c1. The Morgan fingerprint density at radius 1 is 1.11 bits per heavy atom. The number of benzene rings is 2. The number of hydrogen-bond acceptors (Lipinski definition) is 5. The third kappa shape index (κ3) is 6.49. The number of thioether (sulfide) groups is 1. The Balaban J connectivity index is 1.77. The van der Waals surface area contributed by atoms with Gasteiger partial charge in [-0.1, -0.05) is 17.7 Å². The Morgan fingerprint density at radius 3 is 2.46 bits per heavy atom. The minimum Gasteiger partial charge on any atom is -0.456 e. The molecule has 0 bridgehead atoms. The molecule has 148 valence electrons. The highest BCUT2D eigenvalue weighted by Gasteiger charge is 2.19. The minimum atomic E-state index is -0.606. The first kappa shape index (κ1) is 21.6. The lowest BCUT2D eigenvalue weighted by Gasteiger charge is -2.12. The van der Waals surface area contributed by atoms with Gasteiger partial charge in [0.15, 0.2) is 6.61 Å². The van der Waals surface area contributed by atoms with Gasteiger partial charge >= 0.3 is 5.97 Å². The molecule has 28 heavy (non-hydrogen) atoms. The number of esters is 1. The number of hydrogen-bond donors (Lipinski definition) is 1. The number of carbonyl (C=O) groups excluding carboxylic acids is 3. The van der Waals surface area contributed by atoms with Gasteiger partial charge in [0.05, 0.1) is 5.75 Å². The zero-order valence-electron chi connectivity index (χ0n) is 16.0. The molecule has 0 radical (unpaired) electrons. The molecular formula is C21H22FNO4S. The number of nitrogens with one attached hydrogen (secondary N) is 1. The average Bonchev–Trinajstić information content (AvgIpc) is 2.67. The van der Waals surface area contributed by atoms with E-state index in [4.69, 9.17) is 4.74 Å². The molecule has 1 N–H and O–H groups in total. The maximum absolute atomic E-state index is 12.9. The average molecular weight is 403 g/mol. The summed E-state index contributed by atoms with van der Waals surface area (Å²) in [5.41, 5.74) is 2.79. The lowest BCUT2D eigenvalue weighted by atomic mass is 10.0. The Morgan fingerprint density at radius 2 is 1.79 bits per heavy atom. The van der Waals surface area contributed by atoms with Crippen molar-refractivity contribution in [3.05, 3.63) is 65.0 Å². The van der Waals surface area contributed by atoms with Crippen molar-refractivity contribution in [3.63, 3.8) is 0 Å². The summed E-state index contributed by atoms with van der Waals surface area (Å²) in [6.07, 6.45) is 0. The van der Waals surface area contributed by atoms with E-state index >= 15 is 0 Å². The van der Waals surface area contributed by atoms with Crippen LogP contribution in [0.15, 0.2) is 42.5 Å². The number of aryl methyl sites for hydroxylation is 2.